The fraction of sp³-hybridized carbons (Fsp3) is 0.333. The molecule has 0 radical (unpaired) electrons. The first-order valence-electron chi connectivity index (χ1n) is 9.77. The zero-order valence-electron chi connectivity index (χ0n) is 16.8. The molecule has 0 aliphatic carbocycles. The van der Waals surface area contributed by atoms with Gasteiger partial charge in [0.2, 0.25) is 0 Å². The molecule has 5 heterocycles. The van der Waals surface area contributed by atoms with Gasteiger partial charge >= 0.3 is 0 Å². The van der Waals surface area contributed by atoms with Gasteiger partial charge in [-0.25, -0.2) is 4.98 Å². The number of aromatic amines is 1. The fourth-order valence-electron chi connectivity index (χ4n) is 4.02. The van der Waals surface area contributed by atoms with Gasteiger partial charge in [0.15, 0.2) is 0 Å². The van der Waals surface area contributed by atoms with Crippen LogP contribution < -0.4 is 4.90 Å². The quantitative estimate of drug-likeness (QED) is 0.580. The van der Waals surface area contributed by atoms with E-state index in [9.17, 15) is 0 Å². The van der Waals surface area contributed by atoms with E-state index in [1.165, 1.54) is 0 Å². The van der Waals surface area contributed by atoms with E-state index in [1.807, 2.05) is 37.0 Å². The fourth-order valence-corrected chi connectivity index (χ4v) is 4.02. The van der Waals surface area contributed by atoms with Crippen LogP contribution in [0.5, 0.6) is 0 Å². The first-order valence-corrected chi connectivity index (χ1v) is 9.77. The highest BCUT2D eigenvalue weighted by Gasteiger charge is 2.25. The highest BCUT2D eigenvalue weighted by atomic mass is 16.5. The van der Waals surface area contributed by atoms with Gasteiger partial charge in [0.1, 0.15) is 17.0 Å². The Morgan fingerprint density at radius 2 is 2.10 bits per heavy atom. The van der Waals surface area contributed by atoms with Crippen LogP contribution in [0.3, 0.4) is 0 Å². The van der Waals surface area contributed by atoms with Crippen LogP contribution in [0.2, 0.25) is 0 Å². The summed E-state index contributed by atoms with van der Waals surface area (Å²) >= 11 is 0. The number of ether oxygens (including phenoxy) is 1. The minimum Gasteiger partial charge on any atom is -0.377 e. The number of pyridine rings is 2. The van der Waals surface area contributed by atoms with Gasteiger partial charge in [-0.1, -0.05) is 6.07 Å². The third kappa shape index (κ3) is 2.96. The van der Waals surface area contributed by atoms with Gasteiger partial charge in [-0.3, -0.25) is 14.8 Å². The molecule has 0 saturated carbocycles. The van der Waals surface area contributed by atoms with Crippen LogP contribution in [0.1, 0.15) is 12.6 Å². The van der Waals surface area contributed by atoms with E-state index >= 15 is 0 Å². The molecule has 5 rings (SSSR count). The normalized spacial score (nSPS) is 17.2. The van der Waals surface area contributed by atoms with Crippen molar-refractivity contribution in [3.05, 3.63) is 42.4 Å². The van der Waals surface area contributed by atoms with Crippen molar-refractivity contribution in [1.29, 1.82) is 0 Å². The van der Waals surface area contributed by atoms with Gasteiger partial charge < -0.3 is 9.64 Å². The predicted molar refractivity (Wildman–Crippen MR) is 112 cm³/mol. The number of aryl methyl sites for hydroxylation is 2. The summed E-state index contributed by atoms with van der Waals surface area (Å²) in [6.07, 6.45) is 3.55. The largest absolute Gasteiger partial charge is 0.377 e. The van der Waals surface area contributed by atoms with Crippen LogP contribution in [0.25, 0.3) is 33.5 Å². The number of aromatic nitrogens is 6. The molecule has 148 valence electrons. The number of anilines is 1. The lowest BCUT2D eigenvalue weighted by molar-refractivity contribution is 0.0986. The summed E-state index contributed by atoms with van der Waals surface area (Å²) in [5, 5.41) is 11.9. The Morgan fingerprint density at radius 3 is 2.86 bits per heavy atom. The Balaban J connectivity index is 1.81. The maximum Gasteiger partial charge on any atom is 0.136 e. The highest BCUT2D eigenvalue weighted by molar-refractivity contribution is 6.00. The van der Waals surface area contributed by atoms with E-state index in [0.29, 0.717) is 13.2 Å². The van der Waals surface area contributed by atoms with Crippen molar-refractivity contribution < 1.29 is 4.74 Å². The smallest absolute Gasteiger partial charge is 0.136 e. The standard InChI is InChI=1S/C21H23N7O/c1-13-12-29-10-9-28(13)18-11-16(15-5-4-7-22-14(15)2)21-20(24-18)19(26-27(21)3)17-6-8-23-25-17/h4-8,11,13H,9-10,12H2,1-3H3,(H,23,25)/t13-/m1/s1. The summed E-state index contributed by atoms with van der Waals surface area (Å²) in [6.45, 7) is 6.40. The zero-order chi connectivity index (χ0) is 20.0. The maximum atomic E-state index is 5.63. The lowest BCUT2D eigenvalue weighted by Crippen LogP contribution is -2.44. The second kappa shape index (κ2) is 6.97. The summed E-state index contributed by atoms with van der Waals surface area (Å²) in [4.78, 5) is 11.9. The molecule has 4 aromatic rings. The molecular weight excluding hydrogens is 366 g/mol. The molecule has 1 aliphatic heterocycles. The minimum absolute atomic E-state index is 0.254. The highest BCUT2D eigenvalue weighted by Crippen LogP contribution is 2.36. The number of fused-ring (bicyclic) bond motifs is 1. The van der Waals surface area contributed by atoms with Crippen molar-refractivity contribution in [2.45, 2.75) is 19.9 Å². The Morgan fingerprint density at radius 1 is 1.21 bits per heavy atom. The molecule has 1 aliphatic rings. The summed E-state index contributed by atoms with van der Waals surface area (Å²) in [5.41, 5.74) is 6.62. The summed E-state index contributed by atoms with van der Waals surface area (Å²) in [7, 11) is 1.95. The van der Waals surface area contributed by atoms with Crippen LogP contribution in [0.15, 0.2) is 36.7 Å². The number of nitrogens with one attached hydrogen (secondary N) is 1. The third-order valence-electron chi connectivity index (χ3n) is 5.49. The molecule has 1 saturated heterocycles. The van der Waals surface area contributed by atoms with E-state index in [2.05, 4.69) is 39.1 Å². The molecule has 1 atom stereocenters. The van der Waals surface area contributed by atoms with Crippen molar-refractivity contribution in [3.63, 3.8) is 0 Å². The molecule has 0 aromatic carbocycles. The second-order valence-electron chi connectivity index (χ2n) is 7.42. The van der Waals surface area contributed by atoms with Crippen molar-refractivity contribution >= 4 is 16.9 Å². The second-order valence-corrected chi connectivity index (χ2v) is 7.42. The molecule has 4 aromatic heterocycles. The first kappa shape index (κ1) is 17.8. The van der Waals surface area contributed by atoms with Crippen LogP contribution in [0.4, 0.5) is 5.82 Å². The molecule has 29 heavy (non-hydrogen) atoms. The predicted octanol–water partition coefficient (Wildman–Crippen LogP) is 2.95. The van der Waals surface area contributed by atoms with Crippen LogP contribution in [-0.4, -0.2) is 55.7 Å². The van der Waals surface area contributed by atoms with Crippen molar-refractivity contribution in [3.8, 4) is 22.5 Å². The Bertz CT molecular complexity index is 1170. The van der Waals surface area contributed by atoms with E-state index in [0.717, 1.165) is 51.6 Å². The molecule has 0 amide bonds. The molecular formula is C21H23N7O. The number of morpholine rings is 1. The van der Waals surface area contributed by atoms with Crippen molar-refractivity contribution in [2.24, 2.45) is 7.05 Å². The van der Waals surface area contributed by atoms with Gasteiger partial charge in [-0.2, -0.15) is 10.2 Å². The number of nitrogens with zero attached hydrogens (tertiary/aromatic N) is 6. The Kier molecular flexibility index (Phi) is 4.28. The summed E-state index contributed by atoms with van der Waals surface area (Å²) in [5.74, 6) is 0.931. The summed E-state index contributed by atoms with van der Waals surface area (Å²) < 4.78 is 7.53. The molecule has 0 spiro atoms. The van der Waals surface area contributed by atoms with Gasteiger partial charge in [0, 0.05) is 42.8 Å². The number of hydrogen-bond acceptors (Lipinski definition) is 6. The molecule has 1 N–H and O–H groups in total. The minimum atomic E-state index is 0.254. The zero-order valence-corrected chi connectivity index (χ0v) is 16.8. The molecule has 8 heteroatoms. The van der Waals surface area contributed by atoms with Gasteiger partial charge in [0.05, 0.1) is 30.5 Å². The van der Waals surface area contributed by atoms with Crippen molar-refractivity contribution in [1.82, 2.24) is 29.9 Å². The monoisotopic (exact) mass is 389 g/mol. The van der Waals surface area contributed by atoms with E-state index < -0.39 is 0 Å². The Hall–Kier alpha value is -3.26. The average Bonchev–Trinajstić information content (AvgIpc) is 3.36. The number of hydrogen-bond donors (Lipinski definition) is 1. The number of H-pyrrole nitrogens is 1. The lowest BCUT2D eigenvalue weighted by atomic mass is 10.0. The molecule has 0 bridgehead atoms. The van der Waals surface area contributed by atoms with Crippen LogP contribution >= 0.6 is 0 Å². The SMILES string of the molecule is Cc1ncccc1-c1cc(N2CCOC[C@H]2C)nc2c(-c3ccn[nH]3)nn(C)c12. The first-order chi connectivity index (χ1) is 14.1. The van der Waals surface area contributed by atoms with Crippen LogP contribution in [0, 0.1) is 6.92 Å². The number of rotatable bonds is 3. The molecule has 1 fully saturated rings. The van der Waals surface area contributed by atoms with Crippen LogP contribution in [-0.2, 0) is 11.8 Å². The van der Waals surface area contributed by atoms with Gasteiger partial charge in [-0.05, 0) is 32.0 Å². The maximum absolute atomic E-state index is 5.63. The summed E-state index contributed by atoms with van der Waals surface area (Å²) in [6, 6.07) is 8.41. The van der Waals surface area contributed by atoms with E-state index in [-0.39, 0.29) is 6.04 Å². The lowest BCUT2D eigenvalue weighted by Gasteiger charge is -2.34. The Labute approximate surface area is 168 Å². The van der Waals surface area contributed by atoms with Gasteiger partial charge in [-0.15, -0.1) is 0 Å². The third-order valence-corrected chi connectivity index (χ3v) is 5.49. The van der Waals surface area contributed by atoms with Gasteiger partial charge in [0.25, 0.3) is 0 Å². The van der Waals surface area contributed by atoms with E-state index in [4.69, 9.17) is 14.8 Å². The topological polar surface area (TPSA) is 84.8 Å². The van der Waals surface area contributed by atoms with E-state index in [1.54, 1.807) is 6.20 Å². The molecule has 0 unspecified atom stereocenters. The molecule has 8 nitrogen and oxygen atoms in total. The van der Waals surface area contributed by atoms with Crippen molar-refractivity contribution in [2.75, 3.05) is 24.7 Å². The average molecular weight is 389 g/mol.